The molecule has 176 valence electrons. The average Bonchev–Trinajstić information content (AvgIpc) is 3.16. The van der Waals surface area contributed by atoms with Gasteiger partial charge in [-0.2, -0.15) is 10.1 Å². The molecule has 0 atom stereocenters. The smallest absolute Gasteiger partial charge is 0.303 e. The van der Waals surface area contributed by atoms with Crippen LogP contribution in [-0.4, -0.2) is 30.2 Å². The maximum Gasteiger partial charge on any atom is 0.329 e. The van der Waals surface area contributed by atoms with Crippen molar-refractivity contribution < 1.29 is 4.92 Å². The fraction of sp³-hybridized carbons (Fsp3) is 0.455. The molecule has 1 aromatic carbocycles. The molecule has 11 nitrogen and oxygen atoms in total. The van der Waals surface area contributed by atoms with E-state index < -0.39 is 16.2 Å². The number of rotatable bonds is 12. The number of nitro benzene ring substituents is 1. The van der Waals surface area contributed by atoms with Gasteiger partial charge >= 0.3 is 5.69 Å². The number of fused-ring (bicyclic) bond motifs is 1. The van der Waals surface area contributed by atoms with Crippen LogP contribution in [0.3, 0.4) is 0 Å². The van der Waals surface area contributed by atoms with Crippen molar-refractivity contribution in [3.8, 4) is 0 Å². The summed E-state index contributed by atoms with van der Waals surface area (Å²) >= 11 is 0. The molecule has 0 unspecified atom stereocenters. The topological polar surface area (TPSA) is 140 Å². The second kappa shape index (κ2) is 11.2. The van der Waals surface area contributed by atoms with Crippen LogP contribution in [0.25, 0.3) is 11.2 Å². The van der Waals surface area contributed by atoms with Gasteiger partial charge in [0.1, 0.15) is 0 Å². The van der Waals surface area contributed by atoms with E-state index in [1.54, 1.807) is 23.7 Å². The lowest BCUT2D eigenvalue weighted by Gasteiger charge is -2.08. The van der Waals surface area contributed by atoms with Crippen LogP contribution in [0.4, 0.5) is 11.6 Å². The van der Waals surface area contributed by atoms with Crippen LogP contribution in [0, 0.1) is 10.1 Å². The van der Waals surface area contributed by atoms with E-state index in [1.807, 2.05) is 0 Å². The zero-order chi connectivity index (χ0) is 23.8. The number of non-ortho nitro benzene ring substituents is 1. The van der Waals surface area contributed by atoms with Crippen LogP contribution in [0.2, 0.25) is 0 Å². The Hall–Kier alpha value is -3.76. The van der Waals surface area contributed by atoms with Crippen molar-refractivity contribution in [3.63, 3.8) is 0 Å². The van der Waals surface area contributed by atoms with Gasteiger partial charge in [0.15, 0.2) is 11.2 Å². The Morgan fingerprint density at radius 3 is 2.45 bits per heavy atom. The third-order valence-electron chi connectivity index (χ3n) is 5.47. The summed E-state index contributed by atoms with van der Waals surface area (Å²) in [6.07, 6.45) is 9.40. The summed E-state index contributed by atoms with van der Waals surface area (Å²) in [7, 11) is 1.55. The molecule has 0 saturated heterocycles. The van der Waals surface area contributed by atoms with E-state index >= 15 is 0 Å². The van der Waals surface area contributed by atoms with E-state index in [4.69, 9.17) is 0 Å². The number of imidazole rings is 1. The maximum atomic E-state index is 12.5. The minimum Gasteiger partial charge on any atom is -0.303 e. The van der Waals surface area contributed by atoms with Crippen LogP contribution >= 0.6 is 0 Å². The second-order valence-electron chi connectivity index (χ2n) is 7.92. The van der Waals surface area contributed by atoms with Gasteiger partial charge in [0.05, 0.1) is 11.1 Å². The number of hydrogen-bond acceptors (Lipinski definition) is 7. The van der Waals surface area contributed by atoms with Crippen LogP contribution in [-0.2, 0) is 13.6 Å². The molecule has 0 amide bonds. The number of aromatic amines is 1. The van der Waals surface area contributed by atoms with Crippen LogP contribution in [0.5, 0.6) is 0 Å². The highest BCUT2D eigenvalue weighted by molar-refractivity contribution is 5.81. The van der Waals surface area contributed by atoms with Gasteiger partial charge in [0.2, 0.25) is 5.95 Å². The van der Waals surface area contributed by atoms with Crippen molar-refractivity contribution in [1.82, 2.24) is 19.1 Å². The van der Waals surface area contributed by atoms with Gasteiger partial charge in [-0.1, -0.05) is 45.4 Å². The van der Waals surface area contributed by atoms with Crippen LogP contribution < -0.4 is 16.7 Å². The fourth-order valence-corrected chi connectivity index (χ4v) is 3.61. The molecule has 0 saturated carbocycles. The molecule has 11 heteroatoms. The van der Waals surface area contributed by atoms with Crippen LogP contribution in [0.15, 0.2) is 39.0 Å². The highest BCUT2D eigenvalue weighted by Gasteiger charge is 2.17. The zero-order valence-corrected chi connectivity index (χ0v) is 18.9. The van der Waals surface area contributed by atoms with Crippen molar-refractivity contribution in [1.29, 1.82) is 0 Å². The number of nitrogens with one attached hydrogen (secondary N) is 2. The molecule has 2 aromatic heterocycles. The first kappa shape index (κ1) is 23.9. The Morgan fingerprint density at radius 1 is 1.12 bits per heavy atom. The number of hydrogen-bond donors (Lipinski definition) is 2. The van der Waals surface area contributed by atoms with E-state index in [-0.39, 0.29) is 11.3 Å². The number of nitro groups is 1. The SMILES string of the molecule is CCCCCCCCCn1c(NN=Cc2ccc([N+](=O)[O-])cc2)nc2c1c(=O)[nH]c(=O)n2C. The van der Waals surface area contributed by atoms with Gasteiger partial charge in [-0.25, -0.2) is 10.2 Å². The molecule has 0 aliphatic rings. The van der Waals surface area contributed by atoms with Gasteiger partial charge in [0.25, 0.3) is 11.2 Å². The zero-order valence-electron chi connectivity index (χ0n) is 18.9. The third kappa shape index (κ3) is 5.93. The summed E-state index contributed by atoms with van der Waals surface area (Å²) in [5.74, 6) is 0.348. The standard InChI is InChI=1S/C22H29N7O4/c1-3-4-5-6-7-8-9-14-28-18-19(27(2)22(31)25-20(18)30)24-21(28)26-23-15-16-10-12-17(13-11-16)29(32)33/h10-13,15H,3-9,14H2,1-2H3,(H,24,26)(H,25,30,31). The molecule has 0 aliphatic heterocycles. The lowest BCUT2D eigenvalue weighted by molar-refractivity contribution is -0.384. The fourth-order valence-electron chi connectivity index (χ4n) is 3.61. The van der Waals surface area contributed by atoms with E-state index in [9.17, 15) is 19.7 Å². The Morgan fingerprint density at radius 2 is 1.79 bits per heavy atom. The van der Waals surface area contributed by atoms with Gasteiger partial charge in [-0.15, -0.1) is 0 Å². The largest absolute Gasteiger partial charge is 0.329 e. The normalized spacial score (nSPS) is 11.5. The minimum atomic E-state index is -0.533. The highest BCUT2D eigenvalue weighted by Crippen LogP contribution is 2.18. The van der Waals surface area contributed by atoms with Gasteiger partial charge in [-0.05, 0) is 24.1 Å². The Kier molecular flexibility index (Phi) is 8.11. The van der Waals surface area contributed by atoms with E-state index in [0.29, 0.717) is 23.6 Å². The summed E-state index contributed by atoms with van der Waals surface area (Å²) in [4.78, 5) is 41.6. The molecule has 2 N–H and O–H groups in total. The Balaban J connectivity index is 1.79. The first-order valence-electron chi connectivity index (χ1n) is 11.2. The summed E-state index contributed by atoms with van der Waals surface area (Å²) < 4.78 is 3.04. The van der Waals surface area contributed by atoms with E-state index in [1.165, 1.54) is 48.6 Å². The number of H-pyrrole nitrogens is 1. The van der Waals surface area contributed by atoms with Gasteiger partial charge in [0, 0.05) is 25.7 Å². The molecule has 3 rings (SSSR count). The third-order valence-corrected chi connectivity index (χ3v) is 5.47. The van der Waals surface area contributed by atoms with Crippen molar-refractivity contribution >= 4 is 29.0 Å². The molecular formula is C22H29N7O4. The molecule has 0 aliphatic carbocycles. The van der Waals surface area contributed by atoms with Crippen molar-refractivity contribution in [2.24, 2.45) is 12.1 Å². The molecular weight excluding hydrogens is 426 g/mol. The summed E-state index contributed by atoms with van der Waals surface area (Å²) in [6.45, 7) is 2.74. The summed E-state index contributed by atoms with van der Waals surface area (Å²) in [6, 6.07) is 5.96. The van der Waals surface area contributed by atoms with E-state index in [2.05, 4.69) is 27.4 Å². The molecule has 2 heterocycles. The van der Waals surface area contributed by atoms with Crippen molar-refractivity contribution in [2.75, 3.05) is 5.43 Å². The number of hydrazone groups is 1. The Labute approximate surface area is 190 Å². The number of aromatic nitrogens is 4. The van der Waals surface area contributed by atoms with Crippen LogP contribution in [0.1, 0.15) is 57.4 Å². The minimum absolute atomic E-state index is 0.00302. The van der Waals surface area contributed by atoms with Gasteiger partial charge in [-0.3, -0.25) is 24.5 Å². The van der Waals surface area contributed by atoms with E-state index in [0.717, 1.165) is 19.3 Å². The number of anilines is 1. The molecule has 0 fully saturated rings. The predicted molar refractivity (Wildman–Crippen MR) is 128 cm³/mol. The first-order chi connectivity index (χ1) is 15.9. The highest BCUT2D eigenvalue weighted by atomic mass is 16.6. The molecule has 0 radical (unpaired) electrons. The number of benzene rings is 1. The molecule has 0 bridgehead atoms. The maximum absolute atomic E-state index is 12.5. The molecule has 3 aromatic rings. The second-order valence-corrected chi connectivity index (χ2v) is 7.92. The number of aryl methyl sites for hydroxylation is 2. The summed E-state index contributed by atoms with van der Waals surface area (Å²) in [5, 5.41) is 15.0. The van der Waals surface area contributed by atoms with Gasteiger partial charge < -0.3 is 4.57 Å². The average molecular weight is 456 g/mol. The number of nitrogens with zero attached hydrogens (tertiary/aromatic N) is 5. The lowest BCUT2D eigenvalue weighted by Crippen LogP contribution is -2.29. The molecule has 33 heavy (non-hydrogen) atoms. The van der Waals surface area contributed by atoms with Crippen molar-refractivity contribution in [2.45, 2.75) is 58.4 Å². The quantitative estimate of drug-likeness (QED) is 0.185. The lowest BCUT2D eigenvalue weighted by atomic mass is 10.1. The first-order valence-corrected chi connectivity index (χ1v) is 11.2. The van der Waals surface area contributed by atoms with Crippen molar-refractivity contribution in [3.05, 3.63) is 60.8 Å². The predicted octanol–water partition coefficient (Wildman–Crippen LogP) is 3.53. The monoisotopic (exact) mass is 455 g/mol. The summed E-state index contributed by atoms with van der Waals surface area (Å²) in [5.41, 5.74) is 3.08. The Bertz CT molecular complexity index is 1240. The number of unbranched alkanes of at least 4 members (excludes halogenated alkanes) is 6. The molecule has 0 spiro atoms.